The van der Waals surface area contributed by atoms with Crippen molar-refractivity contribution >= 4 is 33.5 Å². The molecule has 0 unspecified atom stereocenters. The van der Waals surface area contributed by atoms with Gasteiger partial charge in [-0.05, 0) is 18.1 Å². The summed E-state index contributed by atoms with van der Waals surface area (Å²) in [5, 5.41) is 10.2. The van der Waals surface area contributed by atoms with Crippen LogP contribution in [0.2, 0.25) is 0 Å². The number of alkyl halides is 1. The van der Waals surface area contributed by atoms with Crippen molar-refractivity contribution in [2.45, 2.75) is 10.8 Å². The Kier molecular flexibility index (Phi) is 6.88. The highest BCUT2D eigenvalue weighted by atomic mass is 127. The van der Waals surface area contributed by atoms with Gasteiger partial charge in [0.05, 0.1) is 38.0 Å². The molecule has 1 aromatic heterocycles. The third-order valence-electron chi connectivity index (χ3n) is 4.50. The van der Waals surface area contributed by atoms with E-state index in [9.17, 15) is 5.26 Å². The minimum atomic E-state index is 0.605. The second-order valence-electron chi connectivity index (χ2n) is 6.07. The number of rotatable bonds is 7. The van der Waals surface area contributed by atoms with Gasteiger partial charge in [0.25, 0.3) is 0 Å². The smallest absolute Gasteiger partial charge is 0.163 e. The van der Waals surface area contributed by atoms with Crippen LogP contribution < -0.4 is 9.47 Å². The summed E-state index contributed by atoms with van der Waals surface area (Å²) in [6.45, 7) is 5.23. The monoisotopic (exact) mass is 467 g/mol. The molecular formula is C19H22IN3O3. The summed E-state index contributed by atoms with van der Waals surface area (Å²) in [5.41, 5.74) is 2.41. The molecule has 2 aromatic rings. The molecule has 0 atom stereocenters. The molecule has 0 spiro atoms. The number of hydrogen-bond acceptors (Lipinski definition) is 6. The van der Waals surface area contributed by atoms with E-state index < -0.39 is 0 Å². The van der Waals surface area contributed by atoms with Crippen molar-refractivity contribution in [3.8, 4) is 17.6 Å². The standard InChI is InChI=1S/C19H22IN3O3/c1-24-18-9-15-16(11-20)14(12-21)13-22-17(15)10-19(18)26-6-2-3-23-4-7-25-8-5-23/h9-10,13H,2-8,11H2,1H3. The average Bonchev–Trinajstić information content (AvgIpc) is 2.70. The predicted octanol–water partition coefficient (Wildman–Crippen LogP) is 3.15. The van der Waals surface area contributed by atoms with Crippen LogP contribution in [-0.2, 0) is 9.16 Å². The number of nitriles is 1. The number of morpholine rings is 1. The van der Waals surface area contributed by atoms with E-state index in [4.69, 9.17) is 14.2 Å². The molecule has 2 heterocycles. The lowest BCUT2D eigenvalue weighted by molar-refractivity contribution is 0.0357. The predicted molar refractivity (Wildman–Crippen MR) is 108 cm³/mol. The van der Waals surface area contributed by atoms with Gasteiger partial charge in [-0.2, -0.15) is 5.26 Å². The van der Waals surface area contributed by atoms with E-state index in [2.05, 4.69) is 38.5 Å². The first-order valence-corrected chi connectivity index (χ1v) is 10.2. The first-order valence-electron chi connectivity index (χ1n) is 8.65. The van der Waals surface area contributed by atoms with Gasteiger partial charge in [-0.3, -0.25) is 9.88 Å². The maximum atomic E-state index is 9.28. The fourth-order valence-corrected chi connectivity index (χ4v) is 3.88. The Morgan fingerprint density at radius 2 is 2.12 bits per heavy atom. The van der Waals surface area contributed by atoms with Crippen LogP contribution >= 0.6 is 22.6 Å². The molecule has 0 radical (unpaired) electrons. The van der Waals surface area contributed by atoms with E-state index in [1.807, 2.05) is 12.1 Å². The van der Waals surface area contributed by atoms with Crippen molar-refractivity contribution in [2.75, 3.05) is 46.6 Å². The molecule has 0 aliphatic carbocycles. The third kappa shape index (κ3) is 4.37. The lowest BCUT2D eigenvalue weighted by Crippen LogP contribution is -2.37. The minimum Gasteiger partial charge on any atom is -0.493 e. The van der Waals surface area contributed by atoms with Gasteiger partial charge < -0.3 is 14.2 Å². The second kappa shape index (κ2) is 9.35. The van der Waals surface area contributed by atoms with Crippen molar-refractivity contribution < 1.29 is 14.2 Å². The minimum absolute atomic E-state index is 0.605. The van der Waals surface area contributed by atoms with E-state index in [1.54, 1.807) is 13.3 Å². The number of aromatic nitrogens is 1. The molecule has 6 nitrogen and oxygen atoms in total. The Labute approximate surface area is 167 Å². The normalized spacial score (nSPS) is 15.0. The van der Waals surface area contributed by atoms with Crippen LogP contribution in [0.25, 0.3) is 10.9 Å². The van der Waals surface area contributed by atoms with E-state index in [0.717, 1.165) is 60.2 Å². The largest absolute Gasteiger partial charge is 0.493 e. The molecule has 0 bridgehead atoms. The Bertz CT molecular complexity index is 801. The van der Waals surface area contributed by atoms with E-state index in [-0.39, 0.29) is 0 Å². The molecule has 0 N–H and O–H groups in total. The zero-order valence-electron chi connectivity index (χ0n) is 14.8. The molecule has 1 aliphatic heterocycles. The van der Waals surface area contributed by atoms with Crippen LogP contribution in [0.15, 0.2) is 18.3 Å². The summed E-state index contributed by atoms with van der Waals surface area (Å²) >= 11 is 2.27. The molecular weight excluding hydrogens is 445 g/mol. The van der Waals surface area contributed by atoms with Crippen LogP contribution in [0, 0.1) is 11.3 Å². The number of nitrogens with zero attached hydrogens (tertiary/aromatic N) is 3. The van der Waals surface area contributed by atoms with Gasteiger partial charge in [0.1, 0.15) is 6.07 Å². The third-order valence-corrected chi connectivity index (χ3v) is 5.26. The van der Waals surface area contributed by atoms with E-state index in [1.165, 1.54) is 0 Å². The molecule has 1 aliphatic rings. The quantitative estimate of drug-likeness (QED) is 0.354. The van der Waals surface area contributed by atoms with Crippen LogP contribution in [0.3, 0.4) is 0 Å². The Hall–Kier alpha value is -1.63. The van der Waals surface area contributed by atoms with Gasteiger partial charge >= 0.3 is 0 Å². The number of ether oxygens (including phenoxy) is 3. The number of fused-ring (bicyclic) bond motifs is 1. The van der Waals surface area contributed by atoms with Crippen LogP contribution in [0.1, 0.15) is 17.5 Å². The summed E-state index contributed by atoms with van der Waals surface area (Å²) in [4.78, 5) is 6.81. The molecule has 0 saturated carbocycles. The second-order valence-corrected chi connectivity index (χ2v) is 6.83. The number of halogens is 1. The number of methoxy groups -OCH3 is 1. The van der Waals surface area contributed by atoms with Crippen LogP contribution in [-0.4, -0.2) is 56.4 Å². The van der Waals surface area contributed by atoms with Crippen molar-refractivity contribution in [1.29, 1.82) is 5.26 Å². The zero-order chi connectivity index (χ0) is 18.4. The molecule has 0 amide bonds. The zero-order valence-corrected chi connectivity index (χ0v) is 17.0. The van der Waals surface area contributed by atoms with Gasteiger partial charge in [0, 0.05) is 41.7 Å². The molecule has 26 heavy (non-hydrogen) atoms. The molecule has 1 fully saturated rings. The fraction of sp³-hybridized carbons (Fsp3) is 0.474. The molecule has 7 heteroatoms. The lowest BCUT2D eigenvalue weighted by atomic mass is 10.1. The summed E-state index contributed by atoms with van der Waals surface area (Å²) < 4.78 is 17.6. The maximum Gasteiger partial charge on any atom is 0.163 e. The molecule has 138 valence electrons. The Morgan fingerprint density at radius 3 is 2.81 bits per heavy atom. The van der Waals surface area contributed by atoms with Gasteiger partial charge in [-0.15, -0.1) is 0 Å². The van der Waals surface area contributed by atoms with E-state index >= 15 is 0 Å². The fourth-order valence-electron chi connectivity index (χ4n) is 3.06. The summed E-state index contributed by atoms with van der Waals surface area (Å²) in [5.74, 6) is 1.37. The molecule has 3 rings (SSSR count). The SMILES string of the molecule is COc1cc2c(CI)c(C#N)cnc2cc1OCCCN1CCOCC1. The topological polar surface area (TPSA) is 67.6 Å². The lowest BCUT2D eigenvalue weighted by Gasteiger charge is -2.26. The average molecular weight is 467 g/mol. The first-order chi connectivity index (χ1) is 12.8. The summed E-state index contributed by atoms with van der Waals surface area (Å²) in [6, 6.07) is 6.04. The van der Waals surface area contributed by atoms with E-state index in [0.29, 0.717) is 23.7 Å². The van der Waals surface area contributed by atoms with Gasteiger partial charge in [0.2, 0.25) is 0 Å². The van der Waals surface area contributed by atoms with Crippen molar-refractivity contribution in [1.82, 2.24) is 9.88 Å². The Balaban J connectivity index is 1.72. The Morgan fingerprint density at radius 1 is 1.31 bits per heavy atom. The van der Waals surface area contributed by atoms with Gasteiger partial charge in [0.15, 0.2) is 11.5 Å². The number of hydrogen-bond donors (Lipinski definition) is 0. The highest BCUT2D eigenvalue weighted by Crippen LogP contribution is 2.34. The highest BCUT2D eigenvalue weighted by Gasteiger charge is 2.14. The number of benzene rings is 1. The highest BCUT2D eigenvalue weighted by molar-refractivity contribution is 14.1. The van der Waals surface area contributed by atoms with Crippen molar-refractivity contribution in [3.05, 3.63) is 29.5 Å². The van der Waals surface area contributed by atoms with Crippen LogP contribution in [0.4, 0.5) is 0 Å². The first kappa shape index (κ1) is 19.1. The number of pyridine rings is 1. The van der Waals surface area contributed by atoms with Crippen molar-refractivity contribution in [2.24, 2.45) is 0 Å². The summed E-state index contributed by atoms with van der Waals surface area (Å²) in [6.07, 6.45) is 2.58. The summed E-state index contributed by atoms with van der Waals surface area (Å²) in [7, 11) is 1.63. The maximum absolute atomic E-state index is 9.28. The van der Waals surface area contributed by atoms with Crippen molar-refractivity contribution in [3.63, 3.8) is 0 Å². The van der Waals surface area contributed by atoms with Gasteiger partial charge in [-0.25, -0.2) is 0 Å². The molecule has 1 saturated heterocycles. The van der Waals surface area contributed by atoms with Gasteiger partial charge in [-0.1, -0.05) is 22.6 Å². The van der Waals surface area contributed by atoms with Crippen LogP contribution in [0.5, 0.6) is 11.5 Å². The molecule has 1 aromatic carbocycles.